The third-order valence-corrected chi connectivity index (χ3v) is 11.6. The molecule has 15 heteroatoms. The molecule has 2 unspecified atom stereocenters. The molecule has 8 rings (SSSR count). The Labute approximate surface area is 382 Å². The average molecular weight is 889 g/mol. The van der Waals surface area contributed by atoms with Crippen molar-refractivity contribution < 1.29 is 33.4 Å². The molecule has 0 saturated heterocycles. The molecule has 0 fully saturated rings. The molecule has 0 bridgehead atoms. The molecule has 2 aromatic heterocycles. The van der Waals surface area contributed by atoms with Crippen LogP contribution in [0.2, 0.25) is 0 Å². The number of aromatic nitrogens is 4. The number of ether oxygens (including phenoxy) is 3. The van der Waals surface area contributed by atoms with E-state index in [-0.39, 0.29) is 24.9 Å². The van der Waals surface area contributed by atoms with Crippen molar-refractivity contribution in [1.29, 1.82) is 0 Å². The van der Waals surface area contributed by atoms with Crippen molar-refractivity contribution in [2.45, 2.75) is 58.5 Å². The van der Waals surface area contributed by atoms with E-state index < -0.39 is 24.3 Å². The van der Waals surface area contributed by atoms with Gasteiger partial charge in [-0.15, -0.1) is 0 Å². The highest BCUT2D eigenvalue weighted by atomic mass is 16.5. The molecule has 7 aromatic rings. The van der Waals surface area contributed by atoms with Crippen LogP contribution in [0.3, 0.4) is 0 Å². The van der Waals surface area contributed by atoms with Gasteiger partial charge in [0.15, 0.2) is 0 Å². The zero-order chi connectivity index (χ0) is 46.2. The topological polar surface area (TPSA) is 184 Å². The lowest BCUT2D eigenvalue weighted by Gasteiger charge is -2.27. The predicted molar refractivity (Wildman–Crippen MR) is 250 cm³/mol. The summed E-state index contributed by atoms with van der Waals surface area (Å²) in [5, 5.41) is 7.38. The molecule has 2 atom stereocenters. The summed E-state index contributed by atoms with van der Waals surface area (Å²) in [5.74, 6) is 1.51. The van der Waals surface area contributed by atoms with Gasteiger partial charge in [-0.25, -0.2) is 19.6 Å². The number of nitrogens with one attached hydrogen (secondary N) is 4. The first kappa shape index (κ1) is 44.7. The third-order valence-electron chi connectivity index (χ3n) is 11.6. The number of aromatic amines is 2. The van der Waals surface area contributed by atoms with Crippen LogP contribution < -0.4 is 15.4 Å². The Morgan fingerprint density at radius 3 is 1.67 bits per heavy atom. The Kier molecular flexibility index (Phi) is 13.7. The van der Waals surface area contributed by atoms with Crippen LogP contribution in [0.15, 0.2) is 122 Å². The number of hydrogen-bond donors (Lipinski definition) is 4. The van der Waals surface area contributed by atoms with Gasteiger partial charge in [0.2, 0.25) is 11.8 Å². The summed E-state index contributed by atoms with van der Waals surface area (Å²) in [4.78, 5) is 71.8. The van der Waals surface area contributed by atoms with Crippen LogP contribution in [0.4, 0.5) is 9.59 Å². The minimum Gasteiger partial charge on any atom is -0.488 e. The molecule has 4 amide bonds. The van der Waals surface area contributed by atoms with Crippen molar-refractivity contribution in [3.05, 3.63) is 150 Å². The van der Waals surface area contributed by atoms with Gasteiger partial charge in [-0.05, 0) is 64.2 Å². The van der Waals surface area contributed by atoms with Crippen molar-refractivity contribution in [2.24, 2.45) is 0 Å². The molecular formula is C51H52N8O7. The number of amides is 4. The van der Waals surface area contributed by atoms with E-state index in [9.17, 15) is 19.2 Å². The Hall–Kier alpha value is -7.94. The second-order valence-electron chi connectivity index (χ2n) is 16.0. The normalized spacial score (nSPS) is 12.5. The lowest BCUT2D eigenvalue weighted by Crippen LogP contribution is -2.43. The zero-order valence-electron chi connectivity index (χ0n) is 37.3. The highest BCUT2D eigenvalue weighted by molar-refractivity contribution is 5.98. The van der Waals surface area contributed by atoms with Gasteiger partial charge >= 0.3 is 12.2 Å². The van der Waals surface area contributed by atoms with Crippen LogP contribution in [0.1, 0.15) is 67.1 Å². The Morgan fingerprint density at radius 2 is 1.15 bits per heavy atom. The molecule has 3 heterocycles. The van der Waals surface area contributed by atoms with E-state index in [0.29, 0.717) is 55.3 Å². The van der Waals surface area contributed by atoms with Crippen molar-refractivity contribution in [3.63, 3.8) is 0 Å². The second kappa shape index (κ2) is 20.3. The number of imidazole rings is 2. The summed E-state index contributed by atoms with van der Waals surface area (Å²) in [6, 6.07) is 33.0. The van der Waals surface area contributed by atoms with Crippen molar-refractivity contribution in [1.82, 2.24) is 40.4 Å². The van der Waals surface area contributed by atoms with E-state index in [0.717, 1.165) is 55.7 Å². The van der Waals surface area contributed by atoms with Gasteiger partial charge in [0.05, 0.1) is 51.1 Å². The molecule has 0 radical (unpaired) electrons. The minimum absolute atomic E-state index is 0.224. The average Bonchev–Trinajstić information content (AvgIpc) is 4.04. The molecule has 1 aliphatic rings. The van der Waals surface area contributed by atoms with Gasteiger partial charge in [0.25, 0.3) is 0 Å². The van der Waals surface area contributed by atoms with Gasteiger partial charge in [-0.2, -0.15) is 0 Å². The summed E-state index contributed by atoms with van der Waals surface area (Å²) in [6.45, 7) is 5.75. The first-order chi connectivity index (χ1) is 32.2. The van der Waals surface area contributed by atoms with Crippen LogP contribution in [0, 0.1) is 0 Å². The van der Waals surface area contributed by atoms with Crippen LogP contribution in [-0.4, -0.2) is 81.0 Å². The number of rotatable bonds is 16. The first-order valence-electron chi connectivity index (χ1n) is 22.0. The number of H-pyrrole nitrogens is 2. The maximum Gasteiger partial charge on any atom is 0.407 e. The van der Waals surface area contributed by atoms with Crippen molar-refractivity contribution in [2.75, 3.05) is 27.3 Å². The third kappa shape index (κ3) is 9.75. The lowest BCUT2D eigenvalue weighted by molar-refractivity contribution is -0.135. The number of fused-ring (bicyclic) bond motifs is 5. The molecule has 0 spiro atoms. The number of carbonyl (C=O) groups is 4. The van der Waals surface area contributed by atoms with E-state index in [2.05, 4.69) is 73.0 Å². The summed E-state index contributed by atoms with van der Waals surface area (Å²) < 4.78 is 16.1. The smallest absolute Gasteiger partial charge is 0.407 e. The summed E-state index contributed by atoms with van der Waals surface area (Å²) >= 11 is 0. The number of methoxy groups -OCH3 is 2. The van der Waals surface area contributed by atoms with E-state index >= 15 is 0 Å². The number of hydrogen-bond acceptors (Lipinski definition) is 9. The number of nitrogens with zero attached hydrogens (tertiary/aromatic N) is 4. The Balaban J connectivity index is 0.971. The predicted octanol–water partition coefficient (Wildman–Crippen LogP) is 8.85. The van der Waals surface area contributed by atoms with Gasteiger partial charge in [-0.3, -0.25) is 9.59 Å². The van der Waals surface area contributed by atoms with Crippen LogP contribution in [-0.2, 0) is 38.8 Å². The molecule has 1 aliphatic heterocycles. The van der Waals surface area contributed by atoms with E-state index in [4.69, 9.17) is 14.2 Å². The standard InChI is InChI=1S/C51H52N8O7/c1-5-23-58(48(60)45(56-50(62)64-3)32-13-9-7-10-14-32)29-43-52-27-41(54-43)35-19-21-39-34(25-35)17-22-40-38-20-18-36(26-37(38)31-66-47(39)40)42-28-53-44(55-42)30-59(24-6-2)49(61)46(57-51(63)65-4)33-15-11-8-12-16-33/h7-22,25-28,45-46H,5-6,23-24,29-31H2,1-4H3,(H,52,54)(H,53,55)(H,56,62)(H,57,63). The van der Waals surface area contributed by atoms with Gasteiger partial charge in [0.1, 0.15) is 36.1 Å². The monoisotopic (exact) mass is 888 g/mol. The molecule has 0 saturated carbocycles. The van der Waals surface area contributed by atoms with Gasteiger partial charge in [0, 0.05) is 29.6 Å². The maximum absolute atomic E-state index is 13.9. The first-order valence-corrected chi connectivity index (χ1v) is 22.0. The van der Waals surface area contributed by atoms with E-state index in [1.807, 2.05) is 56.3 Å². The Morgan fingerprint density at radius 1 is 0.652 bits per heavy atom. The van der Waals surface area contributed by atoms with Crippen molar-refractivity contribution in [3.8, 4) is 39.4 Å². The van der Waals surface area contributed by atoms with Crippen LogP contribution in [0.25, 0.3) is 44.4 Å². The summed E-state index contributed by atoms with van der Waals surface area (Å²) in [6.07, 6.45) is 3.59. The largest absolute Gasteiger partial charge is 0.488 e. The van der Waals surface area contributed by atoms with Crippen molar-refractivity contribution >= 4 is 34.8 Å². The molecule has 4 N–H and O–H groups in total. The number of alkyl carbamates (subject to hydrolysis) is 2. The molecule has 66 heavy (non-hydrogen) atoms. The van der Waals surface area contributed by atoms with Crippen LogP contribution in [0.5, 0.6) is 5.75 Å². The minimum atomic E-state index is -0.918. The van der Waals surface area contributed by atoms with E-state index in [1.54, 1.807) is 46.5 Å². The fourth-order valence-electron chi connectivity index (χ4n) is 8.33. The quantitative estimate of drug-likeness (QED) is 0.0736. The summed E-state index contributed by atoms with van der Waals surface area (Å²) in [5.41, 5.74) is 7.89. The SMILES string of the molecule is CCCN(Cc1ncc(-c2ccc3c(c2)COc2c-3ccc3cc(-c4cnc(CN(CCC)C(=O)C(NC(=O)OC)c5ccccc5)[nH]4)ccc23)[nH]1)C(=O)C(NC(=O)OC)c1ccccc1. The number of carbonyl (C=O) groups excluding carboxylic acids is 4. The molecule has 338 valence electrons. The van der Waals surface area contributed by atoms with E-state index in [1.165, 1.54) is 14.2 Å². The highest BCUT2D eigenvalue weighted by Crippen LogP contribution is 2.44. The molecule has 5 aromatic carbocycles. The molecular weight excluding hydrogens is 837 g/mol. The van der Waals surface area contributed by atoms with Gasteiger partial charge < -0.3 is 44.6 Å². The maximum atomic E-state index is 13.9. The summed E-state index contributed by atoms with van der Waals surface area (Å²) in [7, 11) is 2.54. The molecule has 0 aliphatic carbocycles. The van der Waals surface area contributed by atoms with Gasteiger partial charge in [-0.1, -0.05) is 105 Å². The van der Waals surface area contributed by atoms with Crippen LogP contribution >= 0.6 is 0 Å². The molecule has 15 nitrogen and oxygen atoms in total. The highest BCUT2D eigenvalue weighted by Gasteiger charge is 2.30. The Bertz CT molecular complexity index is 2840. The number of benzene rings is 5. The fraction of sp³-hybridized carbons (Fsp3) is 0.255. The second-order valence-corrected chi connectivity index (χ2v) is 16.0. The fourth-order valence-corrected chi connectivity index (χ4v) is 8.33. The lowest BCUT2D eigenvalue weighted by atomic mass is 9.92. The zero-order valence-corrected chi connectivity index (χ0v) is 37.3.